The lowest BCUT2D eigenvalue weighted by atomic mass is 10.0. The lowest BCUT2D eigenvalue weighted by Gasteiger charge is -2.12. The van der Waals surface area contributed by atoms with E-state index in [4.69, 9.17) is 15.0 Å². The van der Waals surface area contributed by atoms with Gasteiger partial charge < -0.3 is 4.57 Å². The van der Waals surface area contributed by atoms with Gasteiger partial charge in [0.15, 0.2) is 5.82 Å². The van der Waals surface area contributed by atoms with Crippen LogP contribution < -0.4 is 0 Å². The molecule has 4 nitrogen and oxygen atoms in total. The monoisotopic (exact) mass is 706 g/mol. The average Bonchev–Trinajstić information content (AvgIpc) is 3.80. The summed E-state index contributed by atoms with van der Waals surface area (Å²) in [5.41, 5.74) is 11.4. The molecular weight excluding hydrogens is 677 g/mol. The van der Waals surface area contributed by atoms with Gasteiger partial charge in [0, 0.05) is 59.6 Å². The van der Waals surface area contributed by atoms with Gasteiger partial charge in [0.25, 0.3) is 0 Å². The molecule has 0 fully saturated rings. The van der Waals surface area contributed by atoms with Crippen LogP contribution in [0.5, 0.6) is 0 Å². The van der Waals surface area contributed by atoms with Gasteiger partial charge in [0.2, 0.25) is 0 Å². The lowest BCUT2D eigenvalue weighted by Crippen LogP contribution is -1.97. The van der Waals surface area contributed by atoms with E-state index in [1.807, 2.05) is 6.07 Å². The van der Waals surface area contributed by atoms with Crippen LogP contribution in [0.2, 0.25) is 0 Å². The first-order chi connectivity index (χ1) is 26.8. The SMILES string of the molecule is c1ccc(-c2cc(-c3ccc(-n4c5ccccc5c5ccccc54)cc3)nc(-c3ccc4sc5c(-c6ccccc6)nc6ccccc6c5c4c3)n2)cc1. The molecule has 0 radical (unpaired) electrons. The Bertz CT molecular complexity index is 3150. The fourth-order valence-corrected chi connectivity index (χ4v) is 9.09. The van der Waals surface area contributed by atoms with Crippen LogP contribution in [0.15, 0.2) is 182 Å². The Hall–Kier alpha value is -6.95. The van der Waals surface area contributed by atoms with Gasteiger partial charge in [-0.1, -0.05) is 127 Å². The number of fused-ring (bicyclic) bond motifs is 8. The largest absolute Gasteiger partial charge is 0.309 e. The van der Waals surface area contributed by atoms with Gasteiger partial charge in [-0.2, -0.15) is 0 Å². The second kappa shape index (κ2) is 12.3. The number of pyridine rings is 1. The molecule has 0 aliphatic heterocycles. The van der Waals surface area contributed by atoms with Crippen molar-refractivity contribution in [3.8, 4) is 50.8 Å². The molecular formula is C49H30N4S. The Morgan fingerprint density at radius 3 is 1.65 bits per heavy atom. The minimum atomic E-state index is 0.695. The van der Waals surface area contributed by atoms with Crippen molar-refractivity contribution >= 4 is 64.2 Å². The molecule has 0 unspecified atom stereocenters. The van der Waals surface area contributed by atoms with Gasteiger partial charge in [-0.3, -0.25) is 0 Å². The minimum Gasteiger partial charge on any atom is -0.309 e. The Morgan fingerprint density at radius 1 is 0.407 bits per heavy atom. The predicted octanol–water partition coefficient (Wildman–Crippen LogP) is 13.2. The maximum absolute atomic E-state index is 5.26. The molecule has 0 bridgehead atoms. The van der Waals surface area contributed by atoms with Crippen LogP contribution in [0, 0.1) is 0 Å². The molecule has 0 saturated heterocycles. The highest BCUT2D eigenvalue weighted by Gasteiger charge is 2.18. The number of rotatable bonds is 5. The third-order valence-electron chi connectivity index (χ3n) is 10.4. The summed E-state index contributed by atoms with van der Waals surface area (Å²) in [5, 5.41) is 6.07. The van der Waals surface area contributed by atoms with Crippen LogP contribution >= 0.6 is 11.3 Å². The van der Waals surface area contributed by atoms with Gasteiger partial charge in [-0.15, -0.1) is 11.3 Å². The Morgan fingerprint density at radius 2 is 0.963 bits per heavy atom. The van der Waals surface area contributed by atoms with Gasteiger partial charge in [0.1, 0.15) is 0 Å². The highest BCUT2D eigenvalue weighted by atomic mass is 32.1. The van der Waals surface area contributed by atoms with Crippen molar-refractivity contribution in [2.24, 2.45) is 0 Å². The van der Waals surface area contributed by atoms with Gasteiger partial charge >= 0.3 is 0 Å². The van der Waals surface area contributed by atoms with Crippen molar-refractivity contribution in [1.29, 1.82) is 0 Å². The Kier molecular flexibility index (Phi) is 7.00. The van der Waals surface area contributed by atoms with Crippen molar-refractivity contribution < 1.29 is 0 Å². The molecule has 0 amide bonds. The zero-order valence-corrected chi connectivity index (χ0v) is 29.8. The summed E-state index contributed by atoms with van der Waals surface area (Å²) in [6, 6.07) is 64.1. The smallest absolute Gasteiger partial charge is 0.160 e. The number of benzene rings is 7. The van der Waals surface area contributed by atoms with E-state index in [1.165, 1.54) is 42.0 Å². The predicted molar refractivity (Wildman–Crippen MR) is 226 cm³/mol. The summed E-state index contributed by atoms with van der Waals surface area (Å²) < 4.78 is 4.75. The van der Waals surface area contributed by atoms with Crippen LogP contribution in [0.4, 0.5) is 0 Å². The van der Waals surface area contributed by atoms with E-state index in [9.17, 15) is 0 Å². The normalized spacial score (nSPS) is 11.7. The van der Waals surface area contributed by atoms with Gasteiger partial charge in [-0.05, 0) is 54.6 Å². The first-order valence-corrected chi connectivity index (χ1v) is 18.9. The number of para-hydroxylation sites is 3. The molecule has 11 aromatic rings. The molecule has 0 aliphatic carbocycles. The Balaban J connectivity index is 1.08. The number of thiophene rings is 1. The van der Waals surface area contributed by atoms with Crippen LogP contribution in [0.1, 0.15) is 0 Å². The number of nitrogens with zero attached hydrogens (tertiary/aromatic N) is 4. The molecule has 11 rings (SSSR count). The fraction of sp³-hybridized carbons (Fsp3) is 0. The Labute approximate surface area is 315 Å². The number of aromatic nitrogens is 4. The maximum atomic E-state index is 5.26. The molecule has 4 aromatic heterocycles. The van der Waals surface area contributed by atoms with E-state index in [2.05, 4.69) is 180 Å². The van der Waals surface area contributed by atoms with E-state index in [-0.39, 0.29) is 0 Å². The van der Waals surface area contributed by atoms with E-state index in [1.54, 1.807) is 11.3 Å². The topological polar surface area (TPSA) is 43.6 Å². The van der Waals surface area contributed by atoms with Crippen molar-refractivity contribution in [2.45, 2.75) is 0 Å². The fourth-order valence-electron chi connectivity index (χ4n) is 7.88. The summed E-state index contributed by atoms with van der Waals surface area (Å²) >= 11 is 1.80. The highest BCUT2D eigenvalue weighted by Crippen LogP contribution is 2.44. The lowest BCUT2D eigenvalue weighted by molar-refractivity contribution is 1.17. The quantitative estimate of drug-likeness (QED) is 0.179. The first kappa shape index (κ1) is 30.7. The maximum Gasteiger partial charge on any atom is 0.160 e. The standard InChI is InChI=1S/C49H30N4S/c1-3-13-31(14-4-1)41-30-42(32-23-26-35(27-24-32)53-43-21-11-8-17-36(43)37-18-9-12-22-44(37)53)52-49(51-41)34-25-28-45-39(29-34)46-38-19-7-10-20-40(38)50-47(48(46)54-45)33-15-5-2-6-16-33/h1-30H. The van der Waals surface area contributed by atoms with E-state index >= 15 is 0 Å². The van der Waals surface area contributed by atoms with Crippen LogP contribution in [-0.4, -0.2) is 19.5 Å². The molecule has 7 aromatic carbocycles. The van der Waals surface area contributed by atoms with E-state index < -0.39 is 0 Å². The summed E-state index contributed by atoms with van der Waals surface area (Å²) in [6.45, 7) is 0. The van der Waals surface area contributed by atoms with Crippen molar-refractivity contribution in [3.05, 3.63) is 182 Å². The van der Waals surface area contributed by atoms with Gasteiger partial charge in [0.05, 0.1) is 38.3 Å². The molecule has 252 valence electrons. The first-order valence-electron chi connectivity index (χ1n) is 18.1. The molecule has 0 spiro atoms. The van der Waals surface area contributed by atoms with Crippen LogP contribution in [-0.2, 0) is 0 Å². The summed E-state index contributed by atoms with van der Waals surface area (Å²) in [5.74, 6) is 0.695. The summed E-state index contributed by atoms with van der Waals surface area (Å²) in [4.78, 5) is 15.6. The van der Waals surface area contributed by atoms with Crippen molar-refractivity contribution in [3.63, 3.8) is 0 Å². The summed E-state index contributed by atoms with van der Waals surface area (Å²) in [6.07, 6.45) is 0. The highest BCUT2D eigenvalue weighted by molar-refractivity contribution is 7.26. The molecule has 54 heavy (non-hydrogen) atoms. The second-order valence-electron chi connectivity index (χ2n) is 13.6. The molecule has 4 heterocycles. The molecule has 5 heteroatoms. The number of hydrogen-bond acceptors (Lipinski definition) is 4. The zero-order valence-electron chi connectivity index (χ0n) is 29.0. The minimum absolute atomic E-state index is 0.695. The van der Waals surface area contributed by atoms with Crippen molar-refractivity contribution in [1.82, 2.24) is 19.5 Å². The van der Waals surface area contributed by atoms with Crippen LogP contribution in [0.3, 0.4) is 0 Å². The third kappa shape index (κ3) is 4.94. The number of hydrogen-bond donors (Lipinski definition) is 0. The molecule has 0 saturated carbocycles. The van der Waals surface area contributed by atoms with E-state index in [0.29, 0.717) is 5.82 Å². The van der Waals surface area contributed by atoms with Crippen LogP contribution in [0.25, 0.3) is 104 Å². The zero-order chi connectivity index (χ0) is 35.6. The second-order valence-corrected chi connectivity index (χ2v) is 14.7. The average molecular weight is 707 g/mol. The molecule has 0 aliphatic rings. The summed E-state index contributed by atoms with van der Waals surface area (Å²) in [7, 11) is 0. The molecule has 0 N–H and O–H groups in total. The molecule has 0 atom stereocenters. The van der Waals surface area contributed by atoms with Crippen molar-refractivity contribution in [2.75, 3.05) is 0 Å². The third-order valence-corrected chi connectivity index (χ3v) is 11.6. The van der Waals surface area contributed by atoms with E-state index in [0.717, 1.165) is 55.9 Å². The van der Waals surface area contributed by atoms with Gasteiger partial charge in [-0.25, -0.2) is 15.0 Å².